The van der Waals surface area contributed by atoms with Crippen LogP contribution < -0.4 is 20.4 Å². The number of hydrazone groups is 1. The molecule has 3 aromatic rings. The molecule has 0 unspecified atom stereocenters. The monoisotopic (exact) mass is 483 g/mol. The van der Waals surface area contributed by atoms with E-state index in [1.165, 1.54) is 19.4 Å². The molecule has 1 aliphatic rings. The number of phenols is 1. The number of methoxy groups -OCH3 is 1. The van der Waals surface area contributed by atoms with Gasteiger partial charge < -0.3 is 24.8 Å². The second kappa shape index (κ2) is 10.5. The number of phenolic OH excluding ortho intramolecular Hbond substituents is 1. The highest BCUT2D eigenvalue weighted by Gasteiger charge is 2.17. The van der Waals surface area contributed by atoms with Gasteiger partial charge in [0.2, 0.25) is 17.8 Å². The van der Waals surface area contributed by atoms with Crippen molar-refractivity contribution in [3.8, 4) is 11.5 Å². The van der Waals surface area contributed by atoms with Gasteiger partial charge in [0.05, 0.1) is 26.5 Å². The van der Waals surface area contributed by atoms with Crippen LogP contribution in [0.25, 0.3) is 0 Å². The van der Waals surface area contributed by atoms with Crippen LogP contribution in [0.1, 0.15) is 16.7 Å². The first kappa shape index (κ1) is 23.5. The molecule has 1 aromatic heterocycles. The maximum atomic E-state index is 10.3. The summed E-state index contributed by atoms with van der Waals surface area (Å²) in [7, 11) is 1.45. The van der Waals surface area contributed by atoms with Crippen molar-refractivity contribution >= 4 is 41.3 Å². The summed E-state index contributed by atoms with van der Waals surface area (Å²) in [5.74, 6) is 1.32. The number of morpholine rings is 1. The number of ether oxygens (including phenoxy) is 2. The molecule has 34 heavy (non-hydrogen) atoms. The van der Waals surface area contributed by atoms with Gasteiger partial charge in [0, 0.05) is 35.4 Å². The van der Waals surface area contributed by atoms with Crippen LogP contribution in [0.4, 0.5) is 23.5 Å². The molecule has 2 aromatic carbocycles. The van der Waals surface area contributed by atoms with Crippen molar-refractivity contribution in [3.05, 3.63) is 52.0 Å². The summed E-state index contributed by atoms with van der Waals surface area (Å²) in [6.07, 6.45) is 1.42. The number of nitrogens with one attached hydrogen (secondary N) is 2. The molecule has 1 saturated heterocycles. The minimum Gasteiger partial charge on any atom is -0.504 e. The molecule has 0 bridgehead atoms. The first-order chi connectivity index (χ1) is 16.4. The second-order valence-electron chi connectivity index (χ2n) is 7.74. The number of aromatic hydroxyl groups is 1. The summed E-state index contributed by atoms with van der Waals surface area (Å²) in [6, 6.07) is 9.22. The topological polar surface area (TPSA) is 117 Å². The maximum Gasteiger partial charge on any atom is 0.250 e. The van der Waals surface area contributed by atoms with Crippen molar-refractivity contribution in [2.24, 2.45) is 5.10 Å². The van der Waals surface area contributed by atoms with E-state index in [1.807, 2.05) is 30.9 Å². The Balaban J connectivity index is 1.62. The molecular formula is C23H26ClN7O3. The third kappa shape index (κ3) is 5.64. The van der Waals surface area contributed by atoms with Gasteiger partial charge in [0.25, 0.3) is 0 Å². The molecule has 0 spiro atoms. The van der Waals surface area contributed by atoms with E-state index < -0.39 is 0 Å². The second-order valence-corrected chi connectivity index (χ2v) is 8.18. The lowest BCUT2D eigenvalue weighted by atomic mass is 10.1. The molecule has 1 aliphatic heterocycles. The maximum absolute atomic E-state index is 10.3. The predicted molar refractivity (Wildman–Crippen MR) is 133 cm³/mol. The zero-order valence-corrected chi connectivity index (χ0v) is 19.9. The minimum atomic E-state index is -0.0700. The van der Waals surface area contributed by atoms with Gasteiger partial charge in [0.15, 0.2) is 11.5 Å². The lowest BCUT2D eigenvalue weighted by molar-refractivity contribution is 0.122. The SMILES string of the molecule is COc1cc(Cl)cc(/C=N\Nc2nc(Nc3cc(C)ccc3C)nc(N3CCOCC3)n2)c1O. The number of aryl methyl sites for hydroxylation is 2. The number of hydrogen-bond acceptors (Lipinski definition) is 10. The van der Waals surface area contributed by atoms with Gasteiger partial charge in [-0.3, -0.25) is 0 Å². The molecule has 0 amide bonds. The van der Waals surface area contributed by atoms with Crippen molar-refractivity contribution in [1.82, 2.24) is 15.0 Å². The van der Waals surface area contributed by atoms with Gasteiger partial charge >= 0.3 is 0 Å². The van der Waals surface area contributed by atoms with Crippen molar-refractivity contribution in [2.45, 2.75) is 13.8 Å². The molecule has 4 rings (SSSR count). The number of halogens is 1. The molecular weight excluding hydrogens is 458 g/mol. The number of aromatic nitrogens is 3. The van der Waals surface area contributed by atoms with Crippen LogP contribution >= 0.6 is 11.6 Å². The third-order valence-corrected chi connectivity index (χ3v) is 5.43. The quantitative estimate of drug-likeness (QED) is 0.340. The van der Waals surface area contributed by atoms with Gasteiger partial charge in [-0.25, -0.2) is 5.43 Å². The van der Waals surface area contributed by atoms with E-state index in [4.69, 9.17) is 21.1 Å². The Bertz CT molecular complexity index is 1200. The molecule has 3 N–H and O–H groups in total. The average molecular weight is 484 g/mol. The molecule has 1 fully saturated rings. The summed E-state index contributed by atoms with van der Waals surface area (Å²) < 4.78 is 10.6. The van der Waals surface area contributed by atoms with Crippen LogP contribution in [0.2, 0.25) is 5.02 Å². The summed E-state index contributed by atoms with van der Waals surface area (Å²) in [4.78, 5) is 15.6. The number of anilines is 4. The van der Waals surface area contributed by atoms with Gasteiger partial charge in [-0.05, 0) is 37.1 Å². The Kier molecular flexibility index (Phi) is 7.29. The predicted octanol–water partition coefficient (Wildman–Crippen LogP) is 3.88. The van der Waals surface area contributed by atoms with Crippen LogP contribution in [0, 0.1) is 13.8 Å². The Morgan fingerprint density at radius 1 is 1.12 bits per heavy atom. The molecule has 11 heteroatoms. The van der Waals surface area contributed by atoms with Crippen molar-refractivity contribution in [3.63, 3.8) is 0 Å². The smallest absolute Gasteiger partial charge is 0.250 e. The number of benzene rings is 2. The fourth-order valence-electron chi connectivity index (χ4n) is 3.37. The highest BCUT2D eigenvalue weighted by atomic mass is 35.5. The molecule has 10 nitrogen and oxygen atoms in total. The first-order valence-electron chi connectivity index (χ1n) is 10.7. The summed E-state index contributed by atoms with van der Waals surface area (Å²) in [5, 5.41) is 18.2. The van der Waals surface area contributed by atoms with Crippen molar-refractivity contribution < 1.29 is 14.6 Å². The van der Waals surface area contributed by atoms with E-state index in [0.717, 1.165) is 16.8 Å². The van der Waals surface area contributed by atoms with Crippen LogP contribution in [0.5, 0.6) is 11.5 Å². The van der Waals surface area contributed by atoms with Gasteiger partial charge in [-0.1, -0.05) is 23.7 Å². The zero-order chi connectivity index (χ0) is 24.1. The zero-order valence-electron chi connectivity index (χ0n) is 19.2. The normalized spacial score (nSPS) is 13.8. The fraction of sp³-hybridized carbons (Fsp3) is 0.304. The van der Waals surface area contributed by atoms with E-state index in [-0.39, 0.29) is 17.4 Å². The van der Waals surface area contributed by atoms with E-state index in [1.54, 1.807) is 6.07 Å². The Morgan fingerprint density at radius 3 is 2.65 bits per heavy atom. The number of hydrogen-bond donors (Lipinski definition) is 3. The van der Waals surface area contributed by atoms with E-state index in [0.29, 0.717) is 48.8 Å². The largest absolute Gasteiger partial charge is 0.504 e. The van der Waals surface area contributed by atoms with Gasteiger partial charge in [-0.2, -0.15) is 20.1 Å². The lowest BCUT2D eigenvalue weighted by Crippen LogP contribution is -2.37. The lowest BCUT2D eigenvalue weighted by Gasteiger charge is -2.27. The highest BCUT2D eigenvalue weighted by molar-refractivity contribution is 6.31. The minimum absolute atomic E-state index is 0.0700. The highest BCUT2D eigenvalue weighted by Crippen LogP contribution is 2.32. The summed E-state index contributed by atoms with van der Waals surface area (Å²) in [6.45, 7) is 6.59. The Morgan fingerprint density at radius 2 is 1.88 bits per heavy atom. The van der Waals surface area contributed by atoms with E-state index in [9.17, 15) is 5.11 Å². The van der Waals surface area contributed by atoms with Crippen LogP contribution in [0.3, 0.4) is 0 Å². The van der Waals surface area contributed by atoms with Crippen molar-refractivity contribution in [1.29, 1.82) is 0 Å². The third-order valence-electron chi connectivity index (χ3n) is 5.21. The van der Waals surface area contributed by atoms with Crippen LogP contribution in [0.15, 0.2) is 35.4 Å². The summed E-state index contributed by atoms with van der Waals surface area (Å²) >= 11 is 6.09. The first-order valence-corrected chi connectivity index (χ1v) is 11.1. The molecule has 2 heterocycles. The van der Waals surface area contributed by atoms with Crippen LogP contribution in [-0.4, -0.2) is 59.7 Å². The Hall–Kier alpha value is -3.63. The van der Waals surface area contributed by atoms with E-state index in [2.05, 4.69) is 36.9 Å². The number of nitrogens with zero attached hydrogens (tertiary/aromatic N) is 5. The standard InChI is InChI=1S/C23H26ClN7O3/c1-14-4-5-15(2)18(10-14)26-21-27-22(29-23(28-21)31-6-8-34-9-7-31)30-25-13-16-11-17(24)12-19(33-3)20(16)32/h4-5,10-13,32H,6-9H2,1-3H3,(H2,26,27,28,29,30)/b25-13-. The number of rotatable bonds is 7. The van der Waals surface area contributed by atoms with Gasteiger partial charge in [-0.15, -0.1) is 0 Å². The molecule has 0 atom stereocenters. The molecule has 0 aliphatic carbocycles. The summed E-state index contributed by atoms with van der Waals surface area (Å²) in [5.41, 5.74) is 6.30. The fourth-order valence-corrected chi connectivity index (χ4v) is 3.59. The molecule has 178 valence electrons. The van der Waals surface area contributed by atoms with E-state index >= 15 is 0 Å². The van der Waals surface area contributed by atoms with Crippen molar-refractivity contribution in [2.75, 3.05) is 49.1 Å². The van der Waals surface area contributed by atoms with Gasteiger partial charge in [0.1, 0.15) is 0 Å². The Labute approximate surface area is 202 Å². The average Bonchev–Trinajstić information content (AvgIpc) is 2.84. The molecule has 0 saturated carbocycles. The molecule has 0 radical (unpaired) electrons. The van der Waals surface area contributed by atoms with Crippen LogP contribution in [-0.2, 0) is 4.74 Å².